The van der Waals surface area contributed by atoms with E-state index in [1.807, 2.05) is 19.9 Å². The lowest BCUT2D eigenvalue weighted by Crippen LogP contribution is -2.41. The van der Waals surface area contributed by atoms with Gasteiger partial charge in [0.2, 0.25) is 0 Å². The quantitative estimate of drug-likeness (QED) is 0.756. The molecule has 1 saturated heterocycles. The molecule has 2 unspecified atom stereocenters. The zero-order valence-corrected chi connectivity index (χ0v) is 16.2. The SMILES string of the molecule is CCCOC1C(OCCC)N(c2cc(C(C)(C)C)ncn2)C(=O)N1C. The van der Waals surface area contributed by atoms with Gasteiger partial charge in [0.15, 0.2) is 12.5 Å². The van der Waals surface area contributed by atoms with E-state index in [0.29, 0.717) is 19.0 Å². The highest BCUT2D eigenvalue weighted by atomic mass is 16.6. The molecule has 0 saturated carbocycles. The summed E-state index contributed by atoms with van der Waals surface area (Å²) < 4.78 is 11.9. The number of rotatable bonds is 7. The number of amides is 2. The van der Waals surface area contributed by atoms with Crippen molar-refractivity contribution in [2.75, 3.05) is 25.2 Å². The highest BCUT2D eigenvalue weighted by Crippen LogP contribution is 2.30. The first-order valence-corrected chi connectivity index (χ1v) is 8.93. The Bertz CT molecular complexity index is 588. The number of carbonyl (C=O) groups is 1. The fourth-order valence-corrected chi connectivity index (χ4v) is 2.65. The van der Waals surface area contributed by atoms with Crippen molar-refractivity contribution in [1.82, 2.24) is 14.9 Å². The molecule has 7 nitrogen and oxygen atoms in total. The number of nitrogens with zero attached hydrogens (tertiary/aromatic N) is 4. The highest BCUT2D eigenvalue weighted by molar-refractivity contribution is 5.93. The van der Waals surface area contributed by atoms with Gasteiger partial charge in [-0.25, -0.2) is 19.7 Å². The van der Waals surface area contributed by atoms with Crippen LogP contribution in [0.1, 0.15) is 53.2 Å². The van der Waals surface area contributed by atoms with E-state index in [2.05, 4.69) is 30.7 Å². The predicted octanol–water partition coefficient (Wildman–Crippen LogP) is 3.15. The summed E-state index contributed by atoms with van der Waals surface area (Å²) in [6, 6.07) is 1.68. The van der Waals surface area contributed by atoms with Crippen molar-refractivity contribution in [3.8, 4) is 0 Å². The van der Waals surface area contributed by atoms with Crippen LogP contribution in [0, 0.1) is 0 Å². The summed E-state index contributed by atoms with van der Waals surface area (Å²) in [5.41, 5.74) is 0.740. The molecule has 2 amide bonds. The van der Waals surface area contributed by atoms with E-state index in [1.54, 1.807) is 16.8 Å². The molecule has 2 rings (SSSR count). The van der Waals surface area contributed by atoms with Gasteiger partial charge in [-0.2, -0.15) is 0 Å². The Morgan fingerprint density at radius 3 is 2.24 bits per heavy atom. The van der Waals surface area contributed by atoms with Gasteiger partial charge in [0, 0.05) is 31.7 Å². The van der Waals surface area contributed by atoms with Crippen LogP contribution in [0.4, 0.5) is 10.6 Å². The maximum Gasteiger partial charge on any atom is 0.329 e. The molecule has 1 aromatic rings. The Balaban J connectivity index is 2.37. The van der Waals surface area contributed by atoms with Gasteiger partial charge in [-0.3, -0.25) is 4.90 Å². The number of anilines is 1. The summed E-state index contributed by atoms with van der Waals surface area (Å²) in [6.07, 6.45) is 2.26. The lowest BCUT2D eigenvalue weighted by Gasteiger charge is -2.27. The molecule has 2 heterocycles. The largest absolute Gasteiger partial charge is 0.353 e. The van der Waals surface area contributed by atoms with Gasteiger partial charge in [0.05, 0.1) is 5.69 Å². The van der Waals surface area contributed by atoms with E-state index in [4.69, 9.17) is 9.47 Å². The fourth-order valence-electron chi connectivity index (χ4n) is 2.65. The first-order chi connectivity index (χ1) is 11.8. The number of carbonyl (C=O) groups excluding carboxylic acids is 1. The van der Waals surface area contributed by atoms with E-state index in [-0.39, 0.29) is 11.4 Å². The summed E-state index contributed by atoms with van der Waals surface area (Å²) in [5, 5.41) is 0. The van der Waals surface area contributed by atoms with Crippen LogP contribution in [0.5, 0.6) is 0 Å². The normalized spacial score (nSPS) is 21.3. The van der Waals surface area contributed by atoms with Crippen molar-refractivity contribution in [1.29, 1.82) is 0 Å². The molecule has 1 fully saturated rings. The van der Waals surface area contributed by atoms with Crippen LogP contribution in [-0.2, 0) is 14.9 Å². The fraction of sp³-hybridized carbons (Fsp3) is 0.722. The number of hydrogen-bond donors (Lipinski definition) is 0. The number of likely N-dealkylation sites (N-methyl/N-ethyl adjacent to an activating group) is 1. The second kappa shape index (κ2) is 8.10. The van der Waals surface area contributed by atoms with Crippen LogP contribution in [0.2, 0.25) is 0 Å². The molecule has 25 heavy (non-hydrogen) atoms. The molecule has 0 radical (unpaired) electrons. The van der Waals surface area contributed by atoms with Crippen LogP contribution < -0.4 is 4.90 Å². The Kier molecular flexibility index (Phi) is 6.35. The number of hydrogen-bond acceptors (Lipinski definition) is 5. The molecule has 1 aliphatic rings. The Labute approximate surface area is 150 Å². The number of urea groups is 1. The van der Waals surface area contributed by atoms with E-state index >= 15 is 0 Å². The first-order valence-electron chi connectivity index (χ1n) is 8.93. The van der Waals surface area contributed by atoms with Crippen molar-refractivity contribution < 1.29 is 14.3 Å². The van der Waals surface area contributed by atoms with Gasteiger partial charge in [-0.15, -0.1) is 0 Å². The van der Waals surface area contributed by atoms with Crippen LogP contribution in [-0.4, -0.2) is 53.6 Å². The van der Waals surface area contributed by atoms with Crippen molar-refractivity contribution in [2.45, 2.75) is 65.3 Å². The van der Waals surface area contributed by atoms with Gasteiger partial charge >= 0.3 is 6.03 Å². The van der Waals surface area contributed by atoms with E-state index in [0.717, 1.165) is 18.5 Å². The molecule has 7 heteroatoms. The Morgan fingerprint density at radius 2 is 1.68 bits per heavy atom. The van der Waals surface area contributed by atoms with Crippen LogP contribution >= 0.6 is 0 Å². The molecule has 1 aliphatic heterocycles. The maximum absolute atomic E-state index is 12.8. The minimum atomic E-state index is -0.522. The molecule has 0 aromatic carbocycles. The third-order valence-corrected chi connectivity index (χ3v) is 4.04. The van der Waals surface area contributed by atoms with Gasteiger partial charge in [0.25, 0.3) is 0 Å². The zero-order valence-electron chi connectivity index (χ0n) is 16.2. The Hall–Kier alpha value is -1.73. The topological polar surface area (TPSA) is 67.8 Å². The number of aromatic nitrogens is 2. The second-order valence-electron chi connectivity index (χ2n) is 7.30. The second-order valence-corrected chi connectivity index (χ2v) is 7.30. The van der Waals surface area contributed by atoms with E-state index in [9.17, 15) is 4.79 Å². The standard InChI is InChI=1S/C18H30N4O3/c1-7-9-24-15-16(25-10-8-2)22(17(23)21(15)6)14-11-13(18(3,4)5)19-12-20-14/h11-12,15-16H,7-10H2,1-6H3. The summed E-state index contributed by atoms with van der Waals surface area (Å²) in [5.74, 6) is 0.542. The van der Waals surface area contributed by atoms with Gasteiger partial charge in [0.1, 0.15) is 12.1 Å². The molecule has 140 valence electrons. The van der Waals surface area contributed by atoms with Crippen LogP contribution in [0.25, 0.3) is 0 Å². The lowest BCUT2D eigenvalue weighted by molar-refractivity contribution is -0.0987. The van der Waals surface area contributed by atoms with Crippen molar-refractivity contribution in [3.05, 3.63) is 18.1 Å². The monoisotopic (exact) mass is 350 g/mol. The zero-order chi connectivity index (χ0) is 18.6. The molecule has 0 aliphatic carbocycles. The van der Waals surface area contributed by atoms with E-state index in [1.165, 1.54) is 6.33 Å². The third-order valence-electron chi connectivity index (χ3n) is 4.04. The molecule has 1 aromatic heterocycles. The van der Waals surface area contributed by atoms with Gasteiger partial charge in [-0.1, -0.05) is 34.6 Å². The number of ether oxygens (including phenoxy) is 2. The van der Waals surface area contributed by atoms with Crippen LogP contribution in [0.3, 0.4) is 0 Å². The smallest absolute Gasteiger partial charge is 0.329 e. The minimum absolute atomic E-state index is 0.135. The van der Waals surface area contributed by atoms with Gasteiger partial charge < -0.3 is 9.47 Å². The van der Waals surface area contributed by atoms with Gasteiger partial charge in [-0.05, 0) is 12.8 Å². The minimum Gasteiger partial charge on any atom is -0.353 e. The molecular weight excluding hydrogens is 320 g/mol. The predicted molar refractivity (Wildman–Crippen MR) is 96.4 cm³/mol. The van der Waals surface area contributed by atoms with Crippen molar-refractivity contribution in [3.63, 3.8) is 0 Å². The summed E-state index contributed by atoms with van der Waals surface area (Å²) >= 11 is 0. The first kappa shape index (κ1) is 19.6. The molecule has 2 atom stereocenters. The van der Waals surface area contributed by atoms with E-state index < -0.39 is 12.5 Å². The third kappa shape index (κ3) is 4.27. The molecule has 0 spiro atoms. The highest BCUT2D eigenvalue weighted by Gasteiger charge is 2.47. The van der Waals surface area contributed by atoms with Crippen molar-refractivity contribution >= 4 is 11.8 Å². The summed E-state index contributed by atoms with van der Waals surface area (Å²) in [6.45, 7) is 11.4. The average Bonchev–Trinajstić information content (AvgIpc) is 2.81. The molecule has 0 bridgehead atoms. The molecular formula is C18H30N4O3. The maximum atomic E-state index is 12.8. The van der Waals surface area contributed by atoms with Crippen molar-refractivity contribution in [2.24, 2.45) is 0 Å². The van der Waals surface area contributed by atoms with Crippen LogP contribution in [0.15, 0.2) is 12.4 Å². The molecule has 0 N–H and O–H groups in total. The average molecular weight is 350 g/mol. The summed E-state index contributed by atoms with van der Waals surface area (Å²) in [4.78, 5) is 24.7. The lowest BCUT2D eigenvalue weighted by atomic mass is 9.92. The summed E-state index contributed by atoms with van der Waals surface area (Å²) in [7, 11) is 1.73. The Morgan fingerprint density at radius 1 is 1.08 bits per heavy atom.